The minimum atomic E-state index is 0.169. The Bertz CT molecular complexity index is 872. The molecule has 0 saturated heterocycles. The average Bonchev–Trinajstić information content (AvgIpc) is 3.11. The largest absolute Gasteiger partial charge is 0.349 e. The first kappa shape index (κ1) is 19.8. The van der Waals surface area contributed by atoms with Crippen molar-refractivity contribution in [3.05, 3.63) is 78.0 Å². The van der Waals surface area contributed by atoms with E-state index in [0.717, 1.165) is 37.3 Å². The Hall–Kier alpha value is -2.92. The molecule has 0 saturated carbocycles. The van der Waals surface area contributed by atoms with Crippen LogP contribution in [0.2, 0.25) is 0 Å². The van der Waals surface area contributed by atoms with Gasteiger partial charge in [-0.25, -0.2) is 0 Å². The second-order valence-corrected chi connectivity index (χ2v) is 7.12. The lowest BCUT2D eigenvalue weighted by Gasteiger charge is -2.10. The van der Waals surface area contributed by atoms with Gasteiger partial charge in [0.05, 0.1) is 12.2 Å². The molecule has 2 aromatic carbocycles. The number of aromatic nitrogens is 2. The van der Waals surface area contributed by atoms with Gasteiger partial charge in [0.25, 0.3) is 0 Å². The number of hydrogen-bond donors (Lipinski definition) is 1. The Balaban J connectivity index is 1.67. The molecular formula is C23H28N4O. The van der Waals surface area contributed by atoms with Crippen LogP contribution in [0.4, 0.5) is 0 Å². The van der Waals surface area contributed by atoms with E-state index in [0.29, 0.717) is 6.42 Å². The maximum absolute atomic E-state index is 11.7. The minimum Gasteiger partial charge on any atom is -0.349 e. The number of carbonyl (C=O) groups is 1. The molecule has 3 aromatic rings. The first-order valence-electron chi connectivity index (χ1n) is 9.70. The summed E-state index contributed by atoms with van der Waals surface area (Å²) < 4.78 is 2.00. The molecule has 0 aliphatic carbocycles. The highest BCUT2D eigenvalue weighted by molar-refractivity contribution is 5.75. The van der Waals surface area contributed by atoms with E-state index in [4.69, 9.17) is 5.10 Å². The SMILES string of the molecule is CN(C)C(=O)CCCNCc1cn(Cc2ccccc2)nc1-c1ccccc1. The fourth-order valence-electron chi connectivity index (χ4n) is 3.09. The van der Waals surface area contributed by atoms with E-state index in [-0.39, 0.29) is 5.91 Å². The van der Waals surface area contributed by atoms with Gasteiger partial charge in [-0.3, -0.25) is 9.48 Å². The van der Waals surface area contributed by atoms with Crippen LogP contribution < -0.4 is 5.32 Å². The third-order valence-corrected chi connectivity index (χ3v) is 4.63. The van der Waals surface area contributed by atoms with Crippen molar-refractivity contribution < 1.29 is 4.79 Å². The Morgan fingerprint density at radius 2 is 1.71 bits per heavy atom. The van der Waals surface area contributed by atoms with Gasteiger partial charge in [0.2, 0.25) is 5.91 Å². The fourth-order valence-corrected chi connectivity index (χ4v) is 3.09. The lowest BCUT2D eigenvalue weighted by atomic mass is 10.1. The van der Waals surface area contributed by atoms with E-state index in [1.165, 1.54) is 11.1 Å². The van der Waals surface area contributed by atoms with Crippen LogP contribution in [0.15, 0.2) is 66.9 Å². The van der Waals surface area contributed by atoms with Crippen LogP contribution in [-0.2, 0) is 17.9 Å². The molecule has 1 amide bonds. The predicted octanol–water partition coefficient (Wildman–Crippen LogP) is 3.56. The fraction of sp³-hybridized carbons (Fsp3) is 0.304. The molecule has 3 rings (SSSR count). The number of carbonyl (C=O) groups excluding carboxylic acids is 1. The Labute approximate surface area is 167 Å². The van der Waals surface area contributed by atoms with Crippen LogP contribution in [0.3, 0.4) is 0 Å². The summed E-state index contributed by atoms with van der Waals surface area (Å²) >= 11 is 0. The number of hydrogen-bond acceptors (Lipinski definition) is 3. The predicted molar refractivity (Wildman–Crippen MR) is 113 cm³/mol. The van der Waals surface area contributed by atoms with Gasteiger partial charge in [0.1, 0.15) is 0 Å². The van der Waals surface area contributed by atoms with Crippen molar-refractivity contribution in [2.45, 2.75) is 25.9 Å². The molecule has 0 spiro atoms. The maximum atomic E-state index is 11.7. The van der Waals surface area contributed by atoms with E-state index in [1.54, 1.807) is 19.0 Å². The van der Waals surface area contributed by atoms with Gasteiger partial charge < -0.3 is 10.2 Å². The number of nitrogens with zero attached hydrogens (tertiary/aromatic N) is 3. The maximum Gasteiger partial charge on any atom is 0.222 e. The number of benzene rings is 2. The molecule has 0 aliphatic heterocycles. The first-order valence-corrected chi connectivity index (χ1v) is 9.70. The van der Waals surface area contributed by atoms with Gasteiger partial charge in [-0.2, -0.15) is 5.10 Å². The van der Waals surface area contributed by atoms with E-state index < -0.39 is 0 Å². The Morgan fingerprint density at radius 1 is 1.04 bits per heavy atom. The number of amides is 1. The molecule has 5 nitrogen and oxygen atoms in total. The quantitative estimate of drug-likeness (QED) is 0.581. The average molecular weight is 377 g/mol. The minimum absolute atomic E-state index is 0.169. The van der Waals surface area contributed by atoms with Gasteiger partial charge in [0.15, 0.2) is 0 Å². The lowest BCUT2D eigenvalue weighted by molar-refractivity contribution is -0.128. The number of rotatable bonds is 9. The zero-order valence-electron chi connectivity index (χ0n) is 16.6. The summed E-state index contributed by atoms with van der Waals surface area (Å²) in [6.45, 7) is 2.28. The molecular weight excluding hydrogens is 348 g/mol. The van der Waals surface area contributed by atoms with E-state index in [1.807, 2.05) is 28.9 Å². The van der Waals surface area contributed by atoms with Crippen LogP contribution in [0.5, 0.6) is 0 Å². The third kappa shape index (κ3) is 5.54. The molecule has 146 valence electrons. The zero-order chi connectivity index (χ0) is 19.8. The van der Waals surface area contributed by atoms with Crippen molar-refractivity contribution in [1.82, 2.24) is 20.0 Å². The molecule has 0 radical (unpaired) electrons. The van der Waals surface area contributed by atoms with Crippen LogP contribution >= 0.6 is 0 Å². The van der Waals surface area contributed by atoms with Gasteiger partial charge >= 0.3 is 0 Å². The van der Waals surface area contributed by atoms with Crippen molar-refractivity contribution in [1.29, 1.82) is 0 Å². The molecule has 5 heteroatoms. The van der Waals surface area contributed by atoms with Crippen molar-refractivity contribution >= 4 is 5.91 Å². The molecule has 1 heterocycles. The van der Waals surface area contributed by atoms with Crippen molar-refractivity contribution in [2.24, 2.45) is 0 Å². The summed E-state index contributed by atoms with van der Waals surface area (Å²) in [7, 11) is 3.59. The van der Waals surface area contributed by atoms with Crippen LogP contribution in [-0.4, -0.2) is 41.2 Å². The third-order valence-electron chi connectivity index (χ3n) is 4.63. The molecule has 0 bridgehead atoms. The topological polar surface area (TPSA) is 50.2 Å². The highest BCUT2D eigenvalue weighted by Gasteiger charge is 2.11. The molecule has 1 aromatic heterocycles. The highest BCUT2D eigenvalue weighted by Crippen LogP contribution is 2.22. The van der Waals surface area contributed by atoms with Gasteiger partial charge in [-0.15, -0.1) is 0 Å². The summed E-state index contributed by atoms with van der Waals surface area (Å²) in [5.41, 5.74) is 4.52. The molecule has 28 heavy (non-hydrogen) atoms. The van der Waals surface area contributed by atoms with Gasteiger partial charge in [-0.1, -0.05) is 60.7 Å². The lowest BCUT2D eigenvalue weighted by Crippen LogP contribution is -2.23. The smallest absolute Gasteiger partial charge is 0.222 e. The van der Waals surface area contributed by atoms with Gasteiger partial charge in [-0.05, 0) is 18.5 Å². The van der Waals surface area contributed by atoms with Crippen LogP contribution in [0.1, 0.15) is 24.0 Å². The monoisotopic (exact) mass is 376 g/mol. The van der Waals surface area contributed by atoms with Crippen molar-refractivity contribution in [2.75, 3.05) is 20.6 Å². The molecule has 0 fully saturated rings. The second-order valence-electron chi connectivity index (χ2n) is 7.12. The van der Waals surface area contributed by atoms with Crippen LogP contribution in [0.25, 0.3) is 11.3 Å². The van der Waals surface area contributed by atoms with E-state index in [9.17, 15) is 4.79 Å². The van der Waals surface area contributed by atoms with E-state index >= 15 is 0 Å². The molecule has 0 aliphatic rings. The summed E-state index contributed by atoms with van der Waals surface area (Å²) in [6, 6.07) is 20.6. The summed E-state index contributed by atoms with van der Waals surface area (Å²) in [4.78, 5) is 13.3. The normalized spacial score (nSPS) is 10.8. The summed E-state index contributed by atoms with van der Waals surface area (Å²) in [6.07, 6.45) is 3.52. The highest BCUT2D eigenvalue weighted by atomic mass is 16.2. The molecule has 0 unspecified atom stereocenters. The standard InChI is InChI=1S/C23H28N4O/c1-26(2)22(28)14-9-15-24-16-21-18-27(17-19-10-5-3-6-11-19)25-23(21)20-12-7-4-8-13-20/h3-8,10-13,18,24H,9,14-17H2,1-2H3. The van der Waals surface area contributed by atoms with Crippen LogP contribution in [0, 0.1) is 0 Å². The van der Waals surface area contributed by atoms with Gasteiger partial charge in [0, 0.05) is 44.4 Å². The second kappa shape index (κ2) is 9.85. The Morgan fingerprint density at radius 3 is 2.39 bits per heavy atom. The molecule has 1 N–H and O–H groups in total. The Kier molecular flexibility index (Phi) is 6.98. The molecule has 0 atom stereocenters. The summed E-state index contributed by atoms with van der Waals surface area (Å²) in [5, 5.41) is 8.30. The van der Waals surface area contributed by atoms with E-state index in [2.05, 4.69) is 47.9 Å². The number of nitrogens with one attached hydrogen (secondary N) is 1. The van der Waals surface area contributed by atoms with Crippen molar-refractivity contribution in [3.63, 3.8) is 0 Å². The summed E-state index contributed by atoms with van der Waals surface area (Å²) in [5.74, 6) is 0.169. The van der Waals surface area contributed by atoms with Crippen molar-refractivity contribution in [3.8, 4) is 11.3 Å². The first-order chi connectivity index (χ1) is 13.6. The zero-order valence-corrected chi connectivity index (χ0v) is 16.6.